The predicted molar refractivity (Wildman–Crippen MR) is 120 cm³/mol. The molecule has 0 saturated carbocycles. The highest BCUT2D eigenvalue weighted by Crippen LogP contribution is 2.27. The highest BCUT2D eigenvalue weighted by Gasteiger charge is 2.29. The van der Waals surface area contributed by atoms with Gasteiger partial charge >= 0.3 is 0 Å². The van der Waals surface area contributed by atoms with Crippen LogP contribution in [0.4, 0.5) is 0 Å². The Hall–Kier alpha value is -1.58. The van der Waals surface area contributed by atoms with E-state index >= 15 is 0 Å². The van der Waals surface area contributed by atoms with Gasteiger partial charge in [0.25, 0.3) is 0 Å². The number of aryl methyl sites for hydroxylation is 2. The average Bonchev–Trinajstić information content (AvgIpc) is 3.22. The summed E-state index contributed by atoms with van der Waals surface area (Å²) in [7, 11) is 1.99. The highest BCUT2D eigenvalue weighted by atomic mass is 127. The van der Waals surface area contributed by atoms with Crippen molar-refractivity contribution in [1.82, 2.24) is 29.5 Å². The minimum atomic E-state index is 0. The van der Waals surface area contributed by atoms with Gasteiger partial charge in [-0.3, -0.25) is 4.68 Å². The molecule has 3 rings (SSSR count). The van der Waals surface area contributed by atoms with Crippen molar-refractivity contribution in [3.63, 3.8) is 0 Å². The van der Waals surface area contributed by atoms with Gasteiger partial charge in [0, 0.05) is 50.3 Å². The van der Waals surface area contributed by atoms with E-state index in [9.17, 15) is 0 Å². The van der Waals surface area contributed by atoms with Crippen LogP contribution in [0.3, 0.4) is 0 Å². The summed E-state index contributed by atoms with van der Waals surface area (Å²) in [6.45, 7) is 12.1. The number of aromatic nitrogens is 4. The maximum atomic E-state index is 4.94. The molecule has 2 aromatic rings. The van der Waals surface area contributed by atoms with Crippen molar-refractivity contribution in [2.24, 2.45) is 18.0 Å². The number of likely N-dealkylation sites (tertiary alicyclic amines) is 1. The van der Waals surface area contributed by atoms with E-state index in [0.717, 1.165) is 37.7 Å². The molecule has 1 saturated heterocycles. The number of imidazole rings is 1. The number of hydrogen-bond acceptors (Lipinski definition) is 3. The van der Waals surface area contributed by atoms with Crippen molar-refractivity contribution in [3.8, 4) is 0 Å². The maximum absolute atomic E-state index is 4.94. The molecule has 0 bridgehead atoms. The van der Waals surface area contributed by atoms with Crippen LogP contribution in [0.1, 0.15) is 43.3 Å². The standard InChI is InChI=1S/C19H31N7.HI/c1-6-21-19(22-11-17-15(3)23-24(5)16(17)4)25-9-7-14(2)18(12-25)26-10-8-20-13-26;/h8,10,13-14,18H,6-7,9,11-12H2,1-5H3,(H,21,22);1H. The lowest BCUT2D eigenvalue weighted by molar-refractivity contribution is 0.189. The summed E-state index contributed by atoms with van der Waals surface area (Å²) in [6.07, 6.45) is 7.01. The number of rotatable bonds is 4. The summed E-state index contributed by atoms with van der Waals surface area (Å²) in [5.41, 5.74) is 3.47. The topological polar surface area (TPSA) is 63.3 Å². The number of piperidine rings is 1. The van der Waals surface area contributed by atoms with Gasteiger partial charge in [0.1, 0.15) is 0 Å². The van der Waals surface area contributed by atoms with E-state index in [4.69, 9.17) is 4.99 Å². The quantitative estimate of drug-likeness (QED) is 0.411. The van der Waals surface area contributed by atoms with Crippen molar-refractivity contribution < 1.29 is 0 Å². The lowest BCUT2D eigenvalue weighted by atomic mass is 9.93. The van der Waals surface area contributed by atoms with Gasteiger partial charge in [-0.25, -0.2) is 9.98 Å². The lowest BCUT2D eigenvalue weighted by Crippen LogP contribution is -2.49. The van der Waals surface area contributed by atoms with E-state index in [2.05, 4.69) is 58.8 Å². The van der Waals surface area contributed by atoms with E-state index < -0.39 is 0 Å². The van der Waals surface area contributed by atoms with Gasteiger partial charge < -0.3 is 14.8 Å². The molecule has 0 spiro atoms. The number of nitrogens with zero attached hydrogens (tertiary/aromatic N) is 6. The zero-order chi connectivity index (χ0) is 18.7. The smallest absolute Gasteiger partial charge is 0.194 e. The van der Waals surface area contributed by atoms with Gasteiger partial charge in [-0.15, -0.1) is 24.0 Å². The molecular weight excluding hydrogens is 453 g/mol. The first kappa shape index (κ1) is 21.7. The van der Waals surface area contributed by atoms with E-state index in [1.165, 1.54) is 11.3 Å². The number of nitrogens with one attached hydrogen (secondary N) is 1. The average molecular weight is 485 g/mol. The zero-order valence-corrected chi connectivity index (χ0v) is 19.3. The molecule has 2 unspecified atom stereocenters. The minimum Gasteiger partial charge on any atom is -0.357 e. The van der Waals surface area contributed by atoms with Crippen LogP contribution in [-0.4, -0.2) is 49.8 Å². The van der Waals surface area contributed by atoms with Crippen LogP contribution < -0.4 is 5.32 Å². The molecule has 1 N–H and O–H groups in total. The summed E-state index contributed by atoms with van der Waals surface area (Å²) >= 11 is 0. The Balaban J connectivity index is 0.00000261. The molecule has 3 heterocycles. The molecule has 2 aromatic heterocycles. The molecule has 0 amide bonds. The van der Waals surface area contributed by atoms with E-state index in [1.807, 2.05) is 24.3 Å². The van der Waals surface area contributed by atoms with Gasteiger partial charge in [0.15, 0.2) is 5.96 Å². The summed E-state index contributed by atoms with van der Waals surface area (Å²) < 4.78 is 4.17. The second-order valence-electron chi connectivity index (χ2n) is 7.23. The molecule has 0 radical (unpaired) electrons. The fourth-order valence-electron chi connectivity index (χ4n) is 3.72. The Morgan fingerprint density at radius 2 is 2.15 bits per heavy atom. The largest absolute Gasteiger partial charge is 0.357 e. The Morgan fingerprint density at radius 3 is 2.74 bits per heavy atom. The van der Waals surface area contributed by atoms with E-state index in [-0.39, 0.29) is 24.0 Å². The predicted octanol–water partition coefficient (Wildman–Crippen LogP) is 2.90. The van der Waals surface area contributed by atoms with Crippen LogP contribution in [0.5, 0.6) is 0 Å². The van der Waals surface area contributed by atoms with Gasteiger partial charge in [-0.2, -0.15) is 5.10 Å². The first-order valence-corrected chi connectivity index (χ1v) is 9.51. The summed E-state index contributed by atoms with van der Waals surface area (Å²) in [6, 6.07) is 0.428. The van der Waals surface area contributed by atoms with Crippen molar-refractivity contribution in [2.45, 2.75) is 46.7 Å². The molecule has 1 fully saturated rings. The number of aliphatic imine (C=N–C) groups is 1. The third-order valence-corrected chi connectivity index (χ3v) is 5.51. The molecule has 150 valence electrons. The van der Waals surface area contributed by atoms with Crippen LogP contribution in [0.2, 0.25) is 0 Å². The highest BCUT2D eigenvalue weighted by molar-refractivity contribution is 14.0. The van der Waals surface area contributed by atoms with E-state index in [1.54, 1.807) is 0 Å². The third kappa shape index (κ3) is 4.83. The molecule has 7 nitrogen and oxygen atoms in total. The first-order valence-electron chi connectivity index (χ1n) is 9.51. The Labute approximate surface area is 179 Å². The van der Waals surface area contributed by atoms with Crippen molar-refractivity contribution in [3.05, 3.63) is 35.7 Å². The summed E-state index contributed by atoms with van der Waals surface area (Å²) in [5, 5.41) is 7.98. The SMILES string of the molecule is CCNC(=NCc1c(C)nn(C)c1C)N1CCC(C)C(n2ccnc2)C1.I. The summed E-state index contributed by atoms with van der Waals surface area (Å²) in [4.78, 5) is 11.5. The van der Waals surface area contributed by atoms with Crippen molar-refractivity contribution in [2.75, 3.05) is 19.6 Å². The summed E-state index contributed by atoms with van der Waals surface area (Å²) in [5.74, 6) is 1.62. The van der Waals surface area contributed by atoms with Crippen molar-refractivity contribution >= 4 is 29.9 Å². The zero-order valence-electron chi connectivity index (χ0n) is 17.0. The maximum Gasteiger partial charge on any atom is 0.194 e. The molecule has 27 heavy (non-hydrogen) atoms. The van der Waals surface area contributed by atoms with Crippen LogP contribution in [0.15, 0.2) is 23.7 Å². The minimum absolute atomic E-state index is 0. The van der Waals surface area contributed by atoms with Crippen LogP contribution in [0.25, 0.3) is 0 Å². The van der Waals surface area contributed by atoms with Crippen molar-refractivity contribution in [1.29, 1.82) is 0 Å². The van der Waals surface area contributed by atoms with Crippen LogP contribution >= 0.6 is 24.0 Å². The van der Waals surface area contributed by atoms with Crippen LogP contribution in [-0.2, 0) is 13.6 Å². The second-order valence-corrected chi connectivity index (χ2v) is 7.23. The van der Waals surface area contributed by atoms with E-state index in [0.29, 0.717) is 18.5 Å². The Morgan fingerprint density at radius 1 is 1.37 bits per heavy atom. The third-order valence-electron chi connectivity index (χ3n) is 5.51. The molecule has 0 aromatic carbocycles. The number of hydrogen-bond donors (Lipinski definition) is 1. The Bertz CT molecular complexity index is 750. The lowest BCUT2D eigenvalue weighted by Gasteiger charge is -2.39. The molecule has 8 heteroatoms. The monoisotopic (exact) mass is 485 g/mol. The van der Waals surface area contributed by atoms with Gasteiger partial charge in [0.05, 0.1) is 24.6 Å². The number of halogens is 1. The fourth-order valence-corrected chi connectivity index (χ4v) is 3.72. The normalized spacial score (nSPS) is 20.5. The molecule has 2 atom stereocenters. The molecular formula is C19H32IN7. The van der Waals surface area contributed by atoms with Gasteiger partial charge in [-0.1, -0.05) is 6.92 Å². The van der Waals surface area contributed by atoms with Gasteiger partial charge in [-0.05, 0) is 33.1 Å². The fraction of sp³-hybridized carbons (Fsp3) is 0.632. The first-order chi connectivity index (χ1) is 12.5. The van der Waals surface area contributed by atoms with Gasteiger partial charge in [0.2, 0.25) is 0 Å². The molecule has 0 aliphatic carbocycles. The Kier molecular flexibility index (Phi) is 7.69. The molecule has 1 aliphatic heterocycles. The molecule has 1 aliphatic rings. The van der Waals surface area contributed by atoms with Crippen LogP contribution in [0, 0.1) is 19.8 Å². The second kappa shape index (κ2) is 9.57. The number of guanidine groups is 1.